The summed E-state index contributed by atoms with van der Waals surface area (Å²) in [4.78, 5) is 24.1. The van der Waals surface area contributed by atoms with E-state index in [9.17, 15) is 18.0 Å². The Hall–Kier alpha value is -1.25. The van der Waals surface area contributed by atoms with Gasteiger partial charge in [0.05, 0.1) is 11.3 Å². The number of nitrogens with zero attached hydrogens (tertiary/aromatic N) is 1. The number of halogens is 1. The van der Waals surface area contributed by atoms with Gasteiger partial charge in [0.1, 0.15) is 6.04 Å². The number of likely N-dealkylation sites (tertiary alicyclic amines) is 1. The van der Waals surface area contributed by atoms with Crippen LogP contribution in [-0.4, -0.2) is 38.2 Å². The number of nitrogens with one attached hydrogen (secondary N) is 1. The predicted molar refractivity (Wildman–Crippen MR) is 75.4 cm³/mol. The third-order valence-corrected chi connectivity index (χ3v) is 5.50. The Morgan fingerprint density at radius 1 is 1.35 bits per heavy atom. The zero-order valence-corrected chi connectivity index (χ0v) is 13.3. The van der Waals surface area contributed by atoms with Crippen LogP contribution in [0.2, 0.25) is 0 Å². The Morgan fingerprint density at radius 2 is 2.00 bits per heavy atom. The lowest BCUT2D eigenvalue weighted by atomic mass is 10.2. The SMILES string of the molecule is Cc1ccc(S(=O)(=O)NC2CC(=O)N(C)C2=O)c(Br)c1. The molecule has 20 heavy (non-hydrogen) atoms. The van der Waals surface area contributed by atoms with Gasteiger partial charge >= 0.3 is 0 Å². The first-order valence-electron chi connectivity index (χ1n) is 5.81. The van der Waals surface area contributed by atoms with Gasteiger partial charge in [-0.3, -0.25) is 14.5 Å². The first-order valence-corrected chi connectivity index (χ1v) is 8.09. The number of rotatable bonds is 3. The molecule has 108 valence electrons. The fourth-order valence-electron chi connectivity index (χ4n) is 1.92. The average molecular weight is 361 g/mol. The summed E-state index contributed by atoms with van der Waals surface area (Å²) in [6.07, 6.45) is -0.155. The van der Waals surface area contributed by atoms with Gasteiger partial charge in [-0.15, -0.1) is 0 Å². The van der Waals surface area contributed by atoms with Crippen LogP contribution in [0.5, 0.6) is 0 Å². The van der Waals surface area contributed by atoms with Gasteiger partial charge in [0.15, 0.2) is 0 Å². The van der Waals surface area contributed by atoms with Crippen molar-refractivity contribution in [2.75, 3.05) is 7.05 Å². The van der Waals surface area contributed by atoms with E-state index in [0.717, 1.165) is 10.5 Å². The quantitative estimate of drug-likeness (QED) is 0.807. The number of imide groups is 1. The third kappa shape index (κ3) is 2.77. The molecule has 1 heterocycles. The molecule has 1 fully saturated rings. The van der Waals surface area contributed by atoms with Crippen LogP contribution in [0.25, 0.3) is 0 Å². The number of benzene rings is 1. The summed E-state index contributed by atoms with van der Waals surface area (Å²) < 4.78 is 27.2. The second kappa shape index (κ2) is 5.27. The van der Waals surface area contributed by atoms with Crippen molar-refractivity contribution in [2.45, 2.75) is 24.3 Å². The standard InChI is InChI=1S/C12H13BrN2O4S/c1-7-3-4-10(8(13)5-7)20(18,19)14-9-6-11(16)15(2)12(9)17/h3-5,9,14H,6H2,1-2H3. The summed E-state index contributed by atoms with van der Waals surface area (Å²) in [7, 11) is -2.53. The minimum atomic E-state index is -3.87. The Bertz CT molecular complexity index is 687. The van der Waals surface area contributed by atoms with Gasteiger partial charge in [-0.05, 0) is 40.5 Å². The van der Waals surface area contributed by atoms with Gasteiger partial charge in [0.25, 0.3) is 0 Å². The van der Waals surface area contributed by atoms with E-state index >= 15 is 0 Å². The lowest BCUT2D eigenvalue weighted by Crippen LogP contribution is -2.40. The van der Waals surface area contributed by atoms with Crippen molar-refractivity contribution >= 4 is 37.8 Å². The van der Waals surface area contributed by atoms with Gasteiger partial charge in [-0.1, -0.05) is 6.07 Å². The van der Waals surface area contributed by atoms with E-state index in [0.29, 0.717) is 4.47 Å². The monoisotopic (exact) mass is 360 g/mol. The van der Waals surface area contributed by atoms with Crippen molar-refractivity contribution in [3.63, 3.8) is 0 Å². The van der Waals surface area contributed by atoms with E-state index in [4.69, 9.17) is 0 Å². The first-order chi connectivity index (χ1) is 9.22. The molecule has 1 saturated heterocycles. The molecule has 0 aliphatic carbocycles. The number of hydrogen-bond acceptors (Lipinski definition) is 4. The lowest BCUT2D eigenvalue weighted by molar-refractivity contribution is -0.137. The molecule has 0 spiro atoms. The Labute approximate surface area is 125 Å². The molecule has 8 heteroatoms. The molecule has 1 aliphatic rings. The fourth-order valence-corrected chi connectivity index (χ4v) is 4.30. The second-order valence-electron chi connectivity index (χ2n) is 4.60. The fraction of sp³-hybridized carbons (Fsp3) is 0.333. The summed E-state index contributed by atoms with van der Waals surface area (Å²) in [5.41, 5.74) is 0.905. The minimum Gasteiger partial charge on any atom is -0.284 e. The van der Waals surface area contributed by atoms with Crippen molar-refractivity contribution in [3.8, 4) is 0 Å². The Balaban J connectivity index is 2.28. The van der Waals surface area contributed by atoms with E-state index < -0.39 is 27.9 Å². The summed E-state index contributed by atoms with van der Waals surface area (Å²) in [5.74, 6) is -0.938. The van der Waals surface area contributed by atoms with Crippen molar-refractivity contribution in [3.05, 3.63) is 28.2 Å². The van der Waals surface area contributed by atoms with Crippen LogP contribution in [0.1, 0.15) is 12.0 Å². The van der Waals surface area contributed by atoms with E-state index in [-0.39, 0.29) is 11.3 Å². The van der Waals surface area contributed by atoms with Gasteiger partial charge in [-0.25, -0.2) is 8.42 Å². The molecule has 0 saturated carbocycles. The molecule has 2 amide bonds. The topological polar surface area (TPSA) is 83.6 Å². The highest BCUT2D eigenvalue weighted by Gasteiger charge is 2.38. The zero-order valence-electron chi connectivity index (χ0n) is 10.9. The predicted octanol–water partition coefficient (Wildman–Crippen LogP) is 0.793. The lowest BCUT2D eigenvalue weighted by Gasteiger charge is -2.13. The molecule has 6 nitrogen and oxygen atoms in total. The average Bonchev–Trinajstić information content (AvgIpc) is 2.56. The van der Waals surface area contributed by atoms with Gasteiger partial charge in [0.2, 0.25) is 21.8 Å². The third-order valence-electron chi connectivity index (χ3n) is 3.06. The zero-order chi connectivity index (χ0) is 15.1. The highest BCUT2D eigenvalue weighted by atomic mass is 79.9. The maximum Gasteiger partial charge on any atom is 0.247 e. The Morgan fingerprint density at radius 3 is 2.50 bits per heavy atom. The molecule has 1 aromatic carbocycles. The number of carbonyl (C=O) groups excluding carboxylic acids is 2. The molecular formula is C12H13BrN2O4S. The van der Waals surface area contributed by atoms with Crippen LogP contribution in [0, 0.1) is 6.92 Å². The van der Waals surface area contributed by atoms with Crippen LogP contribution in [0.15, 0.2) is 27.6 Å². The number of aryl methyl sites for hydroxylation is 1. The molecule has 1 unspecified atom stereocenters. The van der Waals surface area contributed by atoms with E-state index in [1.165, 1.54) is 13.1 Å². The molecule has 1 N–H and O–H groups in total. The number of sulfonamides is 1. The van der Waals surface area contributed by atoms with Crippen LogP contribution < -0.4 is 4.72 Å². The Kier molecular flexibility index (Phi) is 3.99. The molecule has 1 aliphatic heterocycles. The van der Waals surface area contributed by atoms with Crippen LogP contribution in [0.4, 0.5) is 0 Å². The molecule has 0 radical (unpaired) electrons. The van der Waals surface area contributed by atoms with Gasteiger partial charge in [-0.2, -0.15) is 4.72 Å². The summed E-state index contributed by atoms with van der Waals surface area (Å²) in [5, 5.41) is 0. The van der Waals surface area contributed by atoms with Crippen molar-refractivity contribution in [1.29, 1.82) is 0 Å². The summed E-state index contributed by atoms with van der Waals surface area (Å²) in [6, 6.07) is 3.74. The molecule has 0 aromatic heterocycles. The summed E-state index contributed by atoms with van der Waals surface area (Å²) >= 11 is 3.19. The van der Waals surface area contributed by atoms with E-state index in [1.54, 1.807) is 12.1 Å². The smallest absolute Gasteiger partial charge is 0.247 e. The first kappa shape index (κ1) is 15.1. The van der Waals surface area contributed by atoms with Crippen LogP contribution in [0.3, 0.4) is 0 Å². The second-order valence-corrected chi connectivity index (χ2v) is 7.14. The highest BCUT2D eigenvalue weighted by Crippen LogP contribution is 2.24. The highest BCUT2D eigenvalue weighted by molar-refractivity contribution is 9.10. The van der Waals surface area contributed by atoms with Gasteiger partial charge < -0.3 is 0 Å². The van der Waals surface area contributed by atoms with Crippen molar-refractivity contribution < 1.29 is 18.0 Å². The largest absolute Gasteiger partial charge is 0.284 e. The molecular weight excluding hydrogens is 348 g/mol. The molecule has 1 atom stereocenters. The van der Waals surface area contributed by atoms with Crippen molar-refractivity contribution in [1.82, 2.24) is 9.62 Å². The number of hydrogen-bond donors (Lipinski definition) is 1. The molecule has 0 bridgehead atoms. The number of carbonyl (C=O) groups is 2. The molecule has 2 rings (SSSR count). The molecule has 1 aromatic rings. The van der Waals surface area contributed by atoms with E-state index in [1.807, 2.05) is 6.92 Å². The maximum atomic E-state index is 12.3. The van der Waals surface area contributed by atoms with Gasteiger partial charge in [0, 0.05) is 11.5 Å². The van der Waals surface area contributed by atoms with Crippen LogP contribution in [-0.2, 0) is 19.6 Å². The minimum absolute atomic E-state index is 0.0397. The number of likely N-dealkylation sites (N-methyl/N-ethyl adjacent to an activating group) is 1. The number of amides is 2. The van der Waals surface area contributed by atoms with Crippen molar-refractivity contribution in [2.24, 2.45) is 0 Å². The van der Waals surface area contributed by atoms with Crippen LogP contribution >= 0.6 is 15.9 Å². The summed E-state index contributed by atoms with van der Waals surface area (Å²) in [6.45, 7) is 1.84. The maximum absolute atomic E-state index is 12.3. The normalized spacial score (nSPS) is 19.8. The van der Waals surface area contributed by atoms with E-state index in [2.05, 4.69) is 20.7 Å².